The number of hydrogen-bond acceptors (Lipinski definition) is 4. The van der Waals surface area contributed by atoms with Crippen molar-refractivity contribution in [3.63, 3.8) is 0 Å². The first-order valence-corrected chi connectivity index (χ1v) is 10.6. The first-order valence-electron chi connectivity index (χ1n) is 10.6. The molecule has 3 aromatic carbocycles. The first-order chi connectivity index (χ1) is 16.7. The van der Waals surface area contributed by atoms with E-state index in [0.717, 1.165) is 12.1 Å². The molecule has 0 fully saturated rings. The van der Waals surface area contributed by atoms with Crippen LogP contribution in [0.3, 0.4) is 0 Å². The number of benzene rings is 3. The summed E-state index contributed by atoms with van der Waals surface area (Å²) < 4.78 is 44.7. The van der Waals surface area contributed by atoms with Crippen LogP contribution in [-0.4, -0.2) is 30.2 Å². The number of aliphatic imine (C=N–C) groups is 1. The van der Waals surface area contributed by atoms with Crippen LogP contribution >= 0.6 is 0 Å². The molecule has 1 heterocycles. The molecule has 0 radical (unpaired) electrons. The summed E-state index contributed by atoms with van der Waals surface area (Å²) in [6, 6.07) is 17.9. The van der Waals surface area contributed by atoms with E-state index in [4.69, 9.17) is 9.84 Å². The molecule has 1 unspecified atom stereocenters. The summed E-state index contributed by atoms with van der Waals surface area (Å²) in [5.41, 5.74) is 0.350. The number of carbonyl (C=O) groups is 2. The lowest BCUT2D eigenvalue weighted by molar-refractivity contribution is -0.138. The highest BCUT2D eigenvalue weighted by Crippen LogP contribution is 2.40. The number of carboxylic acids is 1. The van der Waals surface area contributed by atoms with Gasteiger partial charge in [-0.05, 0) is 34.9 Å². The molecule has 0 amide bonds. The van der Waals surface area contributed by atoms with Gasteiger partial charge in [-0.1, -0.05) is 60.7 Å². The highest BCUT2D eigenvalue weighted by molar-refractivity contribution is 6.16. The normalized spacial score (nSPS) is 17.3. The third-order valence-electron chi connectivity index (χ3n) is 5.80. The number of carboxylic acid groups (broad SMARTS) is 1. The minimum absolute atomic E-state index is 0.147. The monoisotopic (exact) mass is 479 g/mol. The zero-order valence-corrected chi connectivity index (χ0v) is 18.5. The second-order valence-electron chi connectivity index (χ2n) is 7.92. The van der Waals surface area contributed by atoms with E-state index < -0.39 is 29.2 Å². The van der Waals surface area contributed by atoms with Crippen molar-refractivity contribution in [3.8, 4) is 11.1 Å². The molecule has 0 spiro atoms. The van der Waals surface area contributed by atoms with Gasteiger partial charge in [0, 0.05) is 24.5 Å². The number of allylic oxidation sites excluding steroid dienone is 1. The van der Waals surface area contributed by atoms with E-state index in [1.807, 2.05) is 0 Å². The Morgan fingerprint density at radius 2 is 1.63 bits per heavy atom. The molecule has 0 bridgehead atoms. The quantitative estimate of drug-likeness (QED) is 0.442. The lowest BCUT2D eigenvalue weighted by atomic mass is 9.86. The molecule has 8 heteroatoms. The largest absolute Gasteiger partial charge is 0.481 e. The Morgan fingerprint density at radius 1 is 0.971 bits per heavy atom. The van der Waals surface area contributed by atoms with Gasteiger partial charge in [-0.2, -0.15) is 13.2 Å². The van der Waals surface area contributed by atoms with Crippen molar-refractivity contribution < 1.29 is 32.6 Å². The predicted octanol–water partition coefficient (Wildman–Crippen LogP) is 5.69. The van der Waals surface area contributed by atoms with Gasteiger partial charge >= 0.3 is 12.1 Å². The molecule has 0 saturated carbocycles. The van der Waals surface area contributed by atoms with E-state index in [1.165, 1.54) is 25.5 Å². The number of ketones is 1. The lowest BCUT2D eigenvalue weighted by Gasteiger charge is -2.28. The van der Waals surface area contributed by atoms with E-state index >= 15 is 0 Å². The summed E-state index contributed by atoms with van der Waals surface area (Å²) >= 11 is 0. The Kier molecular flexibility index (Phi) is 6.41. The van der Waals surface area contributed by atoms with Crippen LogP contribution in [0.2, 0.25) is 0 Å². The van der Waals surface area contributed by atoms with Gasteiger partial charge in [-0.25, -0.2) is 4.99 Å². The molecule has 0 saturated heterocycles. The summed E-state index contributed by atoms with van der Waals surface area (Å²) in [5.74, 6) is -1.36. The van der Waals surface area contributed by atoms with Crippen LogP contribution in [0.1, 0.15) is 27.0 Å². The topological polar surface area (TPSA) is 76.0 Å². The summed E-state index contributed by atoms with van der Waals surface area (Å²) in [7, 11) is 1.41. The van der Waals surface area contributed by atoms with Crippen molar-refractivity contribution in [1.82, 2.24) is 0 Å². The molecule has 178 valence electrons. The van der Waals surface area contributed by atoms with Crippen molar-refractivity contribution in [3.05, 3.63) is 107 Å². The van der Waals surface area contributed by atoms with E-state index in [-0.39, 0.29) is 17.6 Å². The van der Waals surface area contributed by atoms with Gasteiger partial charge in [-0.3, -0.25) is 9.59 Å². The van der Waals surface area contributed by atoms with Crippen LogP contribution < -0.4 is 0 Å². The average molecular weight is 479 g/mol. The fourth-order valence-corrected chi connectivity index (χ4v) is 4.08. The molecule has 1 aliphatic rings. The van der Waals surface area contributed by atoms with Crippen LogP contribution in [0, 0.1) is 0 Å². The summed E-state index contributed by atoms with van der Waals surface area (Å²) in [5, 5.41) is 9.00. The van der Waals surface area contributed by atoms with Crippen LogP contribution in [-0.2, 0) is 27.9 Å². The van der Waals surface area contributed by atoms with Gasteiger partial charge in [0.1, 0.15) is 0 Å². The van der Waals surface area contributed by atoms with Crippen molar-refractivity contribution >= 4 is 18.0 Å². The maximum atomic E-state index is 13.7. The average Bonchev–Trinajstić information content (AvgIpc) is 3.28. The van der Waals surface area contributed by atoms with E-state index in [9.17, 15) is 22.8 Å². The minimum Gasteiger partial charge on any atom is -0.481 e. The number of nitrogens with zero attached hydrogens (tertiary/aromatic N) is 1. The maximum Gasteiger partial charge on any atom is 0.416 e. The molecular formula is C27H20F3NO4. The number of methoxy groups -OCH3 is 1. The fourth-order valence-electron chi connectivity index (χ4n) is 4.08. The van der Waals surface area contributed by atoms with E-state index in [0.29, 0.717) is 22.3 Å². The van der Waals surface area contributed by atoms with Crippen molar-refractivity contribution in [1.29, 1.82) is 0 Å². The Labute approximate surface area is 199 Å². The molecule has 1 N–H and O–H groups in total. The van der Waals surface area contributed by atoms with Gasteiger partial charge in [0.2, 0.25) is 5.72 Å². The number of halogens is 3. The third kappa shape index (κ3) is 4.65. The molecule has 4 rings (SSSR count). The SMILES string of the molecule is COC1(c2ccc(CC(=O)O)cc2)N=CC=C1C(=O)c1ccccc1-c1ccc(C(F)(F)F)cc1. The van der Waals surface area contributed by atoms with Gasteiger partial charge < -0.3 is 9.84 Å². The van der Waals surface area contributed by atoms with Crippen LogP contribution in [0.5, 0.6) is 0 Å². The number of carbonyl (C=O) groups excluding carboxylic acids is 1. The summed E-state index contributed by atoms with van der Waals surface area (Å²) in [6.45, 7) is 0. The zero-order valence-electron chi connectivity index (χ0n) is 18.5. The molecule has 5 nitrogen and oxygen atoms in total. The molecule has 0 aliphatic carbocycles. The highest BCUT2D eigenvalue weighted by atomic mass is 19.4. The highest BCUT2D eigenvalue weighted by Gasteiger charge is 2.42. The molecule has 35 heavy (non-hydrogen) atoms. The van der Waals surface area contributed by atoms with Gasteiger partial charge in [0.15, 0.2) is 5.78 Å². The molecule has 0 aromatic heterocycles. The lowest BCUT2D eigenvalue weighted by Crippen LogP contribution is -2.31. The van der Waals surface area contributed by atoms with E-state index in [1.54, 1.807) is 54.6 Å². The predicted molar refractivity (Wildman–Crippen MR) is 124 cm³/mol. The standard InChI is InChI=1S/C27H20F3NO4/c1-35-26(19-10-6-17(7-11-19)16-24(32)33)23(14-15-31-26)25(34)22-5-3-2-4-21(22)18-8-12-20(13-9-18)27(28,29)30/h2-15H,16H2,1H3,(H,32,33). The third-order valence-corrected chi connectivity index (χ3v) is 5.80. The Hall–Kier alpha value is -4.04. The fraction of sp³-hybridized carbons (Fsp3) is 0.148. The molecular weight excluding hydrogens is 459 g/mol. The molecule has 3 aromatic rings. The Morgan fingerprint density at radius 3 is 2.23 bits per heavy atom. The van der Waals surface area contributed by atoms with E-state index in [2.05, 4.69) is 4.99 Å². The van der Waals surface area contributed by atoms with Crippen LogP contribution in [0.4, 0.5) is 13.2 Å². The minimum atomic E-state index is -4.46. The van der Waals surface area contributed by atoms with Crippen LogP contribution in [0.25, 0.3) is 11.1 Å². The summed E-state index contributed by atoms with van der Waals surface area (Å²) in [6.07, 6.45) is -1.60. The maximum absolute atomic E-state index is 13.7. The van der Waals surface area contributed by atoms with Gasteiger partial charge in [0.05, 0.1) is 17.6 Å². The number of alkyl halides is 3. The number of ether oxygens (including phenoxy) is 1. The second-order valence-corrected chi connectivity index (χ2v) is 7.92. The summed E-state index contributed by atoms with van der Waals surface area (Å²) in [4.78, 5) is 29.1. The number of rotatable bonds is 7. The van der Waals surface area contributed by atoms with Crippen molar-refractivity contribution in [2.45, 2.75) is 18.3 Å². The second kappa shape index (κ2) is 9.31. The zero-order chi connectivity index (χ0) is 25.2. The first kappa shape index (κ1) is 24.1. The number of hydrogen-bond donors (Lipinski definition) is 1. The van der Waals surface area contributed by atoms with Crippen LogP contribution in [0.15, 0.2) is 89.4 Å². The van der Waals surface area contributed by atoms with Crippen molar-refractivity contribution in [2.24, 2.45) is 4.99 Å². The van der Waals surface area contributed by atoms with Gasteiger partial charge in [-0.15, -0.1) is 0 Å². The molecule has 1 aliphatic heterocycles. The van der Waals surface area contributed by atoms with Gasteiger partial charge in [0.25, 0.3) is 0 Å². The Bertz CT molecular complexity index is 1330. The van der Waals surface area contributed by atoms with Crippen molar-refractivity contribution in [2.75, 3.05) is 7.11 Å². The molecule has 1 atom stereocenters. The Balaban J connectivity index is 1.71. The number of aliphatic carboxylic acids is 1. The number of Topliss-reactive ketones (excluding diaryl/α,β-unsaturated/α-hetero) is 1. The smallest absolute Gasteiger partial charge is 0.416 e.